The molecule has 0 spiro atoms. The van der Waals surface area contributed by atoms with Gasteiger partial charge in [0.25, 0.3) is 11.7 Å². The van der Waals surface area contributed by atoms with Crippen molar-refractivity contribution in [3.8, 4) is 11.5 Å². The van der Waals surface area contributed by atoms with Crippen molar-refractivity contribution < 1.29 is 33.5 Å². The zero-order chi connectivity index (χ0) is 21.4. The minimum atomic E-state index is -0.810. The van der Waals surface area contributed by atoms with Crippen molar-refractivity contribution in [2.75, 3.05) is 34.0 Å². The molecule has 156 valence electrons. The number of benzene rings is 2. The Bertz CT molecular complexity index is 1030. The first-order valence-corrected chi connectivity index (χ1v) is 9.59. The summed E-state index contributed by atoms with van der Waals surface area (Å²) in [5.41, 5.74) is 0.855. The molecule has 2 aromatic rings. The molecule has 0 radical (unpaired) electrons. The number of quaternary nitrogens is 1. The summed E-state index contributed by atoms with van der Waals surface area (Å²) < 4.78 is 24.1. The summed E-state index contributed by atoms with van der Waals surface area (Å²) in [6, 6.07) is 9.58. The number of ketones is 1. The number of fused-ring (bicyclic) bond motifs is 1. The van der Waals surface area contributed by atoms with E-state index >= 15 is 0 Å². The normalized spacial score (nSPS) is 19.7. The standard InChI is InChI=1S/C22H21FN2O5/c1-24(2)9-10-25-19(13-3-6-15(23)7-4-13)18(21(27)22(25)28)20(26)14-5-8-16-17(11-14)30-12-29-16/h3-8,11,19,26H,9-10,12H2,1-2H3/p+1/t19-/m1/s1. The lowest BCUT2D eigenvalue weighted by Gasteiger charge is -2.25. The van der Waals surface area contributed by atoms with Crippen molar-refractivity contribution in [1.82, 2.24) is 4.90 Å². The molecule has 4 rings (SSSR count). The topological polar surface area (TPSA) is 80.5 Å². The van der Waals surface area contributed by atoms with Crippen LogP contribution >= 0.6 is 0 Å². The highest BCUT2D eigenvalue weighted by Crippen LogP contribution is 2.41. The number of Topliss-reactive ketones (excluding diaryl/α,β-unsaturated/α-hetero) is 1. The Morgan fingerprint density at radius 3 is 2.53 bits per heavy atom. The predicted octanol–water partition coefficient (Wildman–Crippen LogP) is 1.12. The number of nitrogens with zero attached hydrogens (tertiary/aromatic N) is 1. The SMILES string of the molecule is C[NH+](C)CCN1C(=O)C(=O)C(=C(O)c2ccc3c(c2)OCO3)[C@H]1c1ccc(F)cc1. The monoisotopic (exact) mass is 413 g/mol. The average molecular weight is 413 g/mol. The van der Waals surface area contributed by atoms with Crippen molar-refractivity contribution in [3.63, 3.8) is 0 Å². The van der Waals surface area contributed by atoms with Gasteiger partial charge >= 0.3 is 0 Å². The van der Waals surface area contributed by atoms with Crippen LogP contribution in [0.2, 0.25) is 0 Å². The minimum Gasteiger partial charge on any atom is -0.507 e. The van der Waals surface area contributed by atoms with Crippen LogP contribution in [0.4, 0.5) is 4.39 Å². The molecule has 1 saturated heterocycles. The molecule has 7 nitrogen and oxygen atoms in total. The first-order chi connectivity index (χ1) is 14.4. The fourth-order valence-electron chi connectivity index (χ4n) is 3.65. The molecule has 1 fully saturated rings. The maximum Gasteiger partial charge on any atom is 0.295 e. The van der Waals surface area contributed by atoms with Crippen LogP contribution in [0.1, 0.15) is 17.2 Å². The van der Waals surface area contributed by atoms with E-state index in [0.717, 1.165) is 4.90 Å². The highest BCUT2D eigenvalue weighted by atomic mass is 19.1. The molecule has 0 bridgehead atoms. The van der Waals surface area contributed by atoms with Crippen molar-refractivity contribution in [3.05, 3.63) is 65.0 Å². The average Bonchev–Trinajstić information content (AvgIpc) is 3.29. The number of ether oxygens (including phenoxy) is 2. The Labute approximate surface area is 172 Å². The lowest BCUT2D eigenvalue weighted by atomic mass is 9.95. The van der Waals surface area contributed by atoms with Crippen LogP contribution in [0.5, 0.6) is 11.5 Å². The van der Waals surface area contributed by atoms with Crippen molar-refractivity contribution in [2.45, 2.75) is 6.04 Å². The highest BCUT2D eigenvalue weighted by Gasteiger charge is 2.46. The number of hydrogen-bond acceptors (Lipinski definition) is 5. The molecule has 2 N–H and O–H groups in total. The lowest BCUT2D eigenvalue weighted by Crippen LogP contribution is -3.06. The predicted molar refractivity (Wildman–Crippen MR) is 106 cm³/mol. The number of halogens is 1. The quantitative estimate of drug-likeness (QED) is 0.436. The van der Waals surface area contributed by atoms with Gasteiger partial charge in [0.15, 0.2) is 11.5 Å². The molecule has 1 amide bonds. The fourth-order valence-corrected chi connectivity index (χ4v) is 3.65. The fraction of sp³-hybridized carbons (Fsp3) is 0.273. The Hall–Kier alpha value is -3.39. The van der Waals surface area contributed by atoms with E-state index in [4.69, 9.17) is 9.47 Å². The third-order valence-corrected chi connectivity index (χ3v) is 5.22. The van der Waals surface area contributed by atoms with Gasteiger partial charge in [0.2, 0.25) is 6.79 Å². The van der Waals surface area contributed by atoms with E-state index < -0.39 is 23.5 Å². The highest BCUT2D eigenvalue weighted by molar-refractivity contribution is 6.46. The summed E-state index contributed by atoms with van der Waals surface area (Å²) in [6.45, 7) is 0.994. The van der Waals surface area contributed by atoms with Gasteiger partial charge in [-0.25, -0.2) is 4.39 Å². The zero-order valence-electron chi connectivity index (χ0n) is 16.6. The number of aliphatic hydroxyl groups is 1. The van der Waals surface area contributed by atoms with Gasteiger partial charge in [0.1, 0.15) is 11.6 Å². The van der Waals surface area contributed by atoms with E-state index in [1.807, 2.05) is 14.1 Å². The zero-order valence-corrected chi connectivity index (χ0v) is 16.6. The number of carbonyl (C=O) groups excluding carboxylic acids is 2. The van der Waals surface area contributed by atoms with Crippen LogP contribution in [0.25, 0.3) is 5.76 Å². The molecule has 0 aliphatic carbocycles. The van der Waals surface area contributed by atoms with E-state index in [-0.39, 0.29) is 18.1 Å². The second kappa shape index (κ2) is 7.79. The minimum absolute atomic E-state index is 0.0285. The summed E-state index contributed by atoms with van der Waals surface area (Å²) >= 11 is 0. The molecule has 2 aliphatic rings. The largest absolute Gasteiger partial charge is 0.507 e. The summed E-state index contributed by atoms with van der Waals surface area (Å²) in [4.78, 5) is 28.3. The Morgan fingerprint density at radius 2 is 1.83 bits per heavy atom. The molecule has 8 heteroatoms. The molecular formula is C22H22FN2O5+. The van der Waals surface area contributed by atoms with E-state index in [1.54, 1.807) is 18.2 Å². The van der Waals surface area contributed by atoms with E-state index in [0.29, 0.717) is 35.7 Å². The van der Waals surface area contributed by atoms with Gasteiger partial charge in [-0.05, 0) is 35.9 Å². The molecule has 2 aliphatic heterocycles. The number of likely N-dealkylation sites (N-methyl/N-ethyl adjacent to an activating group) is 1. The van der Waals surface area contributed by atoms with E-state index in [2.05, 4.69) is 0 Å². The second-order valence-corrected chi connectivity index (χ2v) is 7.57. The third kappa shape index (κ3) is 3.50. The third-order valence-electron chi connectivity index (χ3n) is 5.22. The van der Waals surface area contributed by atoms with Gasteiger partial charge in [0.05, 0.1) is 38.8 Å². The van der Waals surface area contributed by atoms with Crippen LogP contribution in [0, 0.1) is 5.82 Å². The maximum absolute atomic E-state index is 13.5. The van der Waals surface area contributed by atoms with Crippen molar-refractivity contribution in [1.29, 1.82) is 0 Å². The summed E-state index contributed by atoms with van der Waals surface area (Å²) in [5, 5.41) is 11.0. The summed E-state index contributed by atoms with van der Waals surface area (Å²) in [7, 11) is 3.88. The molecule has 30 heavy (non-hydrogen) atoms. The summed E-state index contributed by atoms with van der Waals surface area (Å²) in [5.74, 6) is -1.20. The van der Waals surface area contributed by atoms with Gasteiger partial charge in [-0.15, -0.1) is 0 Å². The molecule has 0 aromatic heterocycles. The first-order valence-electron chi connectivity index (χ1n) is 9.59. The molecule has 2 aromatic carbocycles. The van der Waals surface area contributed by atoms with Crippen LogP contribution in [-0.2, 0) is 9.59 Å². The maximum atomic E-state index is 13.5. The van der Waals surface area contributed by atoms with Gasteiger partial charge in [-0.2, -0.15) is 0 Å². The van der Waals surface area contributed by atoms with Gasteiger partial charge < -0.3 is 24.4 Å². The number of rotatable bonds is 5. The van der Waals surface area contributed by atoms with Crippen LogP contribution < -0.4 is 14.4 Å². The number of aliphatic hydroxyl groups excluding tert-OH is 1. The first kappa shape index (κ1) is 19.9. The van der Waals surface area contributed by atoms with Gasteiger partial charge in [-0.3, -0.25) is 9.59 Å². The lowest BCUT2D eigenvalue weighted by molar-refractivity contribution is -0.857. The Kier molecular flexibility index (Phi) is 5.17. The second-order valence-electron chi connectivity index (χ2n) is 7.57. The van der Waals surface area contributed by atoms with E-state index in [9.17, 15) is 19.1 Å². The molecule has 2 heterocycles. The number of amides is 1. The molecule has 0 saturated carbocycles. The molecule has 0 unspecified atom stereocenters. The number of likely N-dealkylation sites (tertiary alicyclic amines) is 1. The Morgan fingerprint density at radius 1 is 1.13 bits per heavy atom. The molecule has 1 atom stereocenters. The number of carbonyl (C=O) groups is 2. The smallest absolute Gasteiger partial charge is 0.295 e. The van der Waals surface area contributed by atoms with Crippen molar-refractivity contribution in [2.24, 2.45) is 0 Å². The summed E-state index contributed by atoms with van der Waals surface area (Å²) in [6.07, 6.45) is 0. The van der Waals surface area contributed by atoms with Crippen molar-refractivity contribution >= 4 is 17.4 Å². The number of hydrogen-bond donors (Lipinski definition) is 2. The Balaban J connectivity index is 1.82. The van der Waals surface area contributed by atoms with E-state index in [1.165, 1.54) is 29.2 Å². The van der Waals surface area contributed by atoms with Crippen LogP contribution in [0.15, 0.2) is 48.0 Å². The van der Waals surface area contributed by atoms with Crippen LogP contribution in [0.3, 0.4) is 0 Å². The number of nitrogens with one attached hydrogen (secondary N) is 1. The van der Waals surface area contributed by atoms with Gasteiger partial charge in [-0.1, -0.05) is 12.1 Å². The van der Waals surface area contributed by atoms with Crippen LogP contribution in [-0.4, -0.2) is 55.7 Å². The molecular weight excluding hydrogens is 391 g/mol. The van der Waals surface area contributed by atoms with Gasteiger partial charge in [0, 0.05) is 5.56 Å².